The second-order valence-corrected chi connectivity index (χ2v) is 4.35. The zero-order valence-corrected chi connectivity index (χ0v) is 9.22. The van der Waals surface area contributed by atoms with Gasteiger partial charge >= 0.3 is 6.09 Å². The Labute approximate surface area is 94.4 Å². The molecule has 16 heavy (non-hydrogen) atoms. The number of likely N-dealkylation sites (tertiary alicyclic amines) is 1. The van der Waals surface area contributed by atoms with Crippen LogP contribution in [-0.2, 0) is 0 Å². The first-order chi connectivity index (χ1) is 7.57. The van der Waals surface area contributed by atoms with Gasteiger partial charge in [0, 0.05) is 6.54 Å². The van der Waals surface area contributed by atoms with Gasteiger partial charge in [-0.3, -0.25) is 0 Å². The first kappa shape index (κ1) is 11.0. The Morgan fingerprint density at radius 1 is 1.44 bits per heavy atom. The van der Waals surface area contributed by atoms with E-state index in [9.17, 15) is 9.90 Å². The molecule has 1 saturated heterocycles. The summed E-state index contributed by atoms with van der Waals surface area (Å²) in [6.07, 6.45) is 0.195. The van der Waals surface area contributed by atoms with E-state index in [0.717, 1.165) is 0 Å². The fourth-order valence-corrected chi connectivity index (χ4v) is 1.75. The maximum absolute atomic E-state index is 11.7. The maximum atomic E-state index is 11.7. The lowest BCUT2D eigenvalue weighted by atomic mass is 10.1. The molecular weight excluding hydrogens is 206 g/mol. The Bertz CT molecular complexity index is 375. The lowest BCUT2D eigenvalue weighted by Crippen LogP contribution is -2.35. The highest BCUT2D eigenvalue weighted by atomic mass is 16.6. The van der Waals surface area contributed by atoms with Gasteiger partial charge in [-0.25, -0.2) is 4.79 Å². The minimum atomic E-state index is -0.782. The lowest BCUT2D eigenvalue weighted by molar-refractivity contribution is 0.0682. The fraction of sp³-hybridized carbons (Fsp3) is 0.417. The fourth-order valence-electron chi connectivity index (χ4n) is 1.75. The van der Waals surface area contributed by atoms with Gasteiger partial charge in [-0.05, 0) is 25.5 Å². The largest absolute Gasteiger partial charge is 0.415 e. The standard InChI is InChI=1S/C12H15NO3/c1-12(15)7-8-13(9-12)11(14)16-10-5-3-2-4-6-10/h2-6,15H,7-9H2,1H3. The molecule has 4 nitrogen and oxygen atoms in total. The van der Waals surface area contributed by atoms with E-state index in [4.69, 9.17) is 4.74 Å². The molecule has 0 radical (unpaired) electrons. The van der Waals surface area contributed by atoms with Gasteiger partial charge in [-0.1, -0.05) is 18.2 Å². The van der Waals surface area contributed by atoms with Crippen LogP contribution in [0.2, 0.25) is 0 Å². The SMILES string of the molecule is CC1(O)CCN(C(=O)Oc2ccccc2)C1. The van der Waals surface area contributed by atoms with Crippen LogP contribution >= 0.6 is 0 Å². The molecule has 1 aromatic rings. The summed E-state index contributed by atoms with van der Waals surface area (Å²) < 4.78 is 5.17. The predicted octanol–water partition coefficient (Wildman–Crippen LogP) is 1.64. The molecule has 1 aliphatic heterocycles. The zero-order chi connectivity index (χ0) is 11.6. The molecule has 2 rings (SSSR count). The van der Waals surface area contributed by atoms with E-state index < -0.39 is 11.7 Å². The molecule has 1 aromatic carbocycles. The van der Waals surface area contributed by atoms with Crippen molar-refractivity contribution in [3.05, 3.63) is 30.3 Å². The minimum Gasteiger partial charge on any atom is -0.410 e. The number of carbonyl (C=O) groups excluding carboxylic acids is 1. The molecule has 0 aromatic heterocycles. The van der Waals surface area contributed by atoms with Crippen molar-refractivity contribution in [2.75, 3.05) is 13.1 Å². The smallest absolute Gasteiger partial charge is 0.410 e. The Morgan fingerprint density at radius 3 is 2.69 bits per heavy atom. The van der Waals surface area contributed by atoms with E-state index in [2.05, 4.69) is 0 Å². The maximum Gasteiger partial charge on any atom is 0.415 e. The van der Waals surface area contributed by atoms with E-state index in [-0.39, 0.29) is 0 Å². The van der Waals surface area contributed by atoms with Gasteiger partial charge < -0.3 is 14.7 Å². The Hall–Kier alpha value is -1.55. The van der Waals surface area contributed by atoms with Crippen LogP contribution in [0.4, 0.5) is 4.79 Å². The van der Waals surface area contributed by atoms with Crippen molar-refractivity contribution in [2.24, 2.45) is 0 Å². The summed E-state index contributed by atoms with van der Waals surface area (Å²) in [6.45, 7) is 2.60. The number of amides is 1. The number of nitrogens with zero attached hydrogens (tertiary/aromatic N) is 1. The van der Waals surface area contributed by atoms with Gasteiger partial charge in [-0.15, -0.1) is 0 Å². The molecular formula is C12H15NO3. The third kappa shape index (κ3) is 2.52. The van der Waals surface area contributed by atoms with Gasteiger partial charge in [-0.2, -0.15) is 0 Å². The van der Waals surface area contributed by atoms with Gasteiger partial charge in [0.1, 0.15) is 5.75 Å². The molecule has 4 heteroatoms. The molecule has 0 bridgehead atoms. The number of ether oxygens (including phenoxy) is 1. The second-order valence-electron chi connectivity index (χ2n) is 4.35. The van der Waals surface area contributed by atoms with E-state index in [1.54, 1.807) is 19.1 Å². The highest BCUT2D eigenvalue weighted by molar-refractivity contribution is 5.71. The Kier molecular flexibility index (Phi) is 2.83. The molecule has 0 spiro atoms. The average molecular weight is 221 g/mol. The topological polar surface area (TPSA) is 49.8 Å². The summed E-state index contributed by atoms with van der Waals surface area (Å²) >= 11 is 0. The van der Waals surface area contributed by atoms with Gasteiger partial charge in [0.2, 0.25) is 0 Å². The summed E-state index contributed by atoms with van der Waals surface area (Å²) in [5, 5.41) is 9.73. The van der Waals surface area contributed by atoms with Crippen molar-refractivity contribution >= 4 is 6.09 Å². The molecule has 1 N–H and O–H groups in total. The van der Waals surface area contributed by atoms with E-state index in [1.165, 1.54) is 4.90 Å². The quantitative estimate of drug-likeness (QED) is 0.784. The Morgan fingerprint density at radius 2 is 2.12 bits per heavy atom. The van der Waals surface area contributed by atoms with Crippen molar-refractivity contribution in [1.82, 2.24) is 4.90 Å². The molecule has 0 saturated carbocycles. The van der Waals surface area contributed by atoms with Crippen molar-refractivity contribution in [3.8, 4) is 5.75 Å². The van der Waals surface area contributed by atoms with Crippen LogP contribution in [0.1, 0.15) is 13.3 Å². The van der Waals surface area contributed by atoms with E-state index in [1.807, 2.05) is 18.2 Å². The summed E-state index contributed by atoms with van der Waals surface area (Å²) in [4.78, 5) is 13.2. The highest BCUT2D eigenvalue weighted by Gasteiger charge is 2.34. The minimum absolute atomic E-state index is 0.332. The zero-order valence-electron chi connectivity index (χ0n) is 9.22. The van der Waals surface area contributed by atoms with Crippen LogP contribution in [0.25, 0.3) is 0 Å². The van der Waals surface area contributed by atoms with Crippen LogP contribution in [0.5, 0.6) is 5.75 Å². The highest BCUT2D eigenvalue weighted by Crippen LogP contribution is 2.21. The van der Waals surface area contributed by atoms with Crippen LogP contribution in [-0.4, -0.2) is 34.8 Å². The number of carbonyl (C=O) groups is 1. The number of rotatable bonds is 1. The molecule has 1 heterocycles. The number of aliphatic hydroxyl groups is 1. The first-order valence-electron chi connectivity index (χ1n) is 5.31. The van der Waals surface area contributed by atoms with Crippen molar-refractivity contribution < 1.29 is 14.6 Å². The summed E-state index contributed by atoms with van der Waals surface area (Å²) in [5.74, 6) is 0.527. The number of para-hydroxylation sites is 1. The molecule has 1 amide bonds. The molecule has 86 valence electrons. The summed E-state index contributed by atoms with van der Waals surface area (Å²) in [7, 11) is 0. The average Bonchev–Trinajstić information content (AvgIpc) is 2.60. The Balaban J connectivity index is 1.95. The van der Waals surface area contributed by atoms with Crippen LogP contribution in [0.3, 0.4) is 0 Å². The predicted molar refractivity (Wildman–Crippen MR) is 59.3 cm³/mol. The molecule has 1 aliphatic rings. The third-order valence-electron chi connectivity index (χ3n) is 2.66. The van der Waals surface area contributed by atoms with Gasteiger partial charge in [0.15, 0.2) is 0 Å². The van der Waals surface area contributed by atoms with Crippen molar-refractivity contribution in [3.63, 3.8) is 0 Å². The summed E-state index contributed by atoms with van der Waals surface area (Å²) in [5.41, 5.74) is -0.782. The number of hydrogen-bond donors (Lipinski definition) is 1. The van der Waals surface area contributed by atoms with Gasteiger partial charge in [0.25, 0.3) is 0 Å². The third-order valence-corrected chi connectivity index (χ3v) is 2.66. The second kappa shape index (κ2) is 4.14. The van der Waals surface area contributed by atoms with Crippen molar-refractivity contribution in [1.29, 1.82) is 0 Å². The van der Waals surface area contributed by atoms with Crippen molar-refractivity contribution in [2.45, 2.75) is 18.9 Å². The number of hydrogen-bond acceptors (Lipinski definition) is 3. The van der Waals surface area contributed by atoms with E-state index in [0.29, 0.717) is 25.3 Å². The van der Waals surface area contributed by atoms with Crippen LogP contribution < -0.4 is 4.74 Å². The lowest BCUT2D eigenvalue weighted by Gasteiger charge is -2.18. The van der Waals surface area contributed by atoms with Gasteiger partial charge in [0.05, 0.1) is 12.1 Å². The first-order valence-corrected chi connectivity index (χ1v) is 5.31. The normalized spacial score (nSPS) is 24.5. The molecule has 1 atom stereocenters. The summed E-state index contributed by atoms with van der Waals surface area (Å²) in [6, 6.07) is 8.93. The number of benzene rings is 1. The molecule has 1 unspecified atom stereocenters. The van der Waals surface area contributed by atoms with Crippen LogP contribution in [0.15, 0.2) is 30.3 Å². The number of β-amino-alcohol motifs (C(OH)–C–C–N with tert-alkyl or cyclic N) is 1. The van der Waals surface area contributed by atoms with Crippen LogP contribution in [0, 0.1) is 0 Å². The monoisotopic (exact) mass is 221 g/mol. The molecule has 0 aliphatic carbocycles. The molecule has 1 fully saturated rings. The van der Waals surface area contributed by atoms with E-state index >= 15 is 0 Å².